The number of nitrogens with one attached hydrogen (secondary N) is 1. The molecule has 0 aliphatic heterocycles. The second kappa shape index (κ2) is 6.03. The Morgan fingerprint density at radius 1 is 1.50 bits per heavy atom. The molecule has 0 unspecified atom stereocenters. The maximum Gasteiger partial charge on any atom is 0.252 e. The molecule has 0 spiro atoms. The highest BCUT2D eigenvalue weighted by Gasteiger charge is 2.18. The lowest BCUT2D eigenvalue weighted by Gasteiger charge is -2.15. The quantitative estimate of drug-likeness (QED) is 0.785. The zero-order valence-corrected chi connectivity index (χ0v) is 12.4. The number of aromatic nitrogens is 2. The molecule has 6 heteroatoms. The number of amides is 1. The molecule has 1 amide bonds. The summed E-state index contributed by atoms with van der Waals surface area (Å²) in [7, 11) is 1.58. The van der Waals surface area contributed by atoms with Gasteiger partial charge in [-0.2, -0.15) is 0 Å². The lowest BCUT2D eigenvalue weighted by atomic mass is 10.2. The van der Waals surface area contributed by atoms with Crippen LogP contribution in [-0.4, -0.2) is 29.0 Å². The van der Waals surface area contributed by atoms with Gasteiger partial charge in [-0.1, -0.05) is 0 Å². The first-order valence-electron chi connectivity index (χ1n) is 6.96. The van der Waals surface area contributed by atoms with Crippen LogP contribution in [0.15, 0.2) is 47.3 Å². The van der Waals surface area contributed by atoms with Crippen LogP contribution in [0.25, 0.3) is 5.65 Å². The Morgan fingerprint density at radius 3 is 3.09 bits per heavy atom. The molecule has 3 rings (SSSR count). The SMILES string of the molecule is COC[C@H](NC(=O)c1ccn2c(C)cnc2c1)c1ccco1. The Hall–Kier alpha value is -2.60. The molecule has 0 fully saturated rings. The van der Waals surface area contributed by atoms with Crippen LogP contribution in [-0.2, 0) is 4.74 Å². The van der Waals surface area contributed by atoms with Crippen LogP contribution in [0.2, 0.25) is 0 Å². The maximum absolute atomic E-state index is 12.4. The number of aryl methyl sites for hydroxylation is 1. The Kier molecular flexibility index (Phi) is 3.93. The molecule has 3 aromatic heterocycles. The summed E-state index contributed by atoms with van der Waals surface area (Å²) < 4.78 is 12.4. The van der Waals surface area contributed by atoms with Gasteiger partial charge in [-0.05, 0) is 31.2 Å². The number of imidazole rings is 1. The molecule has 0 radical (unpaired) electrons. The van der Waals surface area contributed by atoms with Crippen molar-refractivity contribution in [1.29, 1.82) is 0 Å². The van der Waals surface area contributed by atoms with Gasteiger partial charge in [0.25, 0.3) is 5.91 Å². The minimum absolute atomic E-state index is 0.193. The number of carbonyl (C=O) groups is 1. The number of methoxy groups -OCH3 is 1. The molecule has 0 aromatic carbocycles. The van der Waals surface area contributed by atoms with Gasteiger partial charge in [0.05, 0.1) is 12.9 Å². The van der Waals surface area contributed by atoms with Crippen LogP contribution in [0.1, 0.15) is 27.9 Å². The summed E-state index contributed by atoms with van der Waals surface area (Å²) in [6.45, 7) is 2.30. The first-order chi connectivity index (χ1) is 10.7. The summed E-state index contributed by atoms with van der Waals surface area (Å²) in [5, 5.41) is 2.91. The third kappa shape index (κ3) is 2.73. The summed E-state index contributed by atoms with van der Waals surface area (Å²) >= 11 is 0. The molecule has 22 heavy (non-hydrogen) atoms. The van der Waals surface area contributed by atoms with E-state index in [1.165, 1.54) is 0 Å². The number of nitrogens with zero attached hydrogens (tertiary/aromatic N) is 2. The van der Waals surface area contributed by atoms with E-state index in [9.17, 15) is 4.79 Å². The third-order valence-electron chi connectivity index (χ3n) is 3.49. The van der Waals surface area contributed by atoms with Gasteiger partial charge in [-0.3, -0.25) is 4.79 Å². The number of furan rings is 1. The highest BCUT2D eigenvalue weighted by molar-refractivity contribution is 5.95. The fourth-order valence-electron chi connectivity index (χ4n) is 2.34. The van der Waals surface area contributed by atoms with Gasteiger partial charge in [0.15, 0.2) is 0 Å². The zero-order chi connectivity index (χ0) is 15.5. The average Bonchev–Trinajstić information content (AvgIpc) is 3.17. The van der Waals surface area contributed by atoms with E-state index in [0.717, 1.165) is 11.3 Å². The first kappa shape index (κ1) is 14.3. The van der Waals surface area contributed by atoms with Crippen molar-refractivity contribution >= 4 is 11.6 Å². The fraction of sp³-hybridized carbons (Fsp3) is 0.250. The standard InChI is InChI=1S/C16H17N3O3/c1-11-9-17-15-8-12(5-6-19(11)15)16(20)18-13(10-21-2)14-4-3-7-22-14/h3-9,13H,10H2,1-2H3,(H,18,20)/t13-/m0/s1. The molecule has 6 nitrogen and oxygen atoms in total. The molecular weight excluding hydrogens is 282 g/mol. The second-order valence-electron chi connectivity index (χ2n) is 5.04. The van der Waals surface area contributed by atoms with E-state index in [1.807, 2.05) is 23.6 Å². The van der Waals surface area contributed by atoms with Crippen LogP contribution in [0.4, 0.5) is 0 Å². The number of rotatable bonds is 5. The monoisotopic (exact) mass is 299 g/mol. The maximum atomic E-state index is 12.4. The summed E-state index contributed by atoms with van der Waals surface area (Å²) in [4.78, 5) is 16.7. The smallest absolute Gasteiger partial charge is 0.252 e. The van der Waals surface area contributed by atoms with Crippen LogP contribution in [0, 0.1) is 6.92 Å². The second-order valence-corrected chi connectivity index (χ2v) is 5.04. The molecule has 0 saturated carbocycles. The van der Waals surface area contributed by atoms with Gasteiger partial charge < -0.3 is 18.9 Å². The van der Waals surface area contributed by atoms with Crippen molar-refractivity contribution in [3.05, 3.63) is 59.9 Å². The number of fused-ring (bicyclic) bond motifs is 1. The van der Waals surface area contributed by atoms with E-state index < -0.39 is 0 Å². The molecule has 0 saturated heterocycles. The highest BCUT2D eigenvalue weighted by atomic mass is 16.5. The molecule has 114 valence electrons. The minimum Gasteiger partial charge on any atom is -0.467 e. The minimum atomic E-state index is -0.329. The molecule has 3 aromatic rings. The number of pyridine rings is 1. The highest BCUT2D eigenvalue weighted by Crippen LogP contribution is 2.15. The normalized spacial score (nSPS) is 12.5. The van der Waals surface area contributed by atoms with Crippen molar-refractivity contribution in [2.45, 2.75) is 13.0 Å². The molecule has 0 bridgehead atoms. The molecule has 0 aliphatic rings. The lowest BCUT2D eigenvalue weighted by molar-refractivity contribution is 0.0883. The van der Waals surface area contributed by atoms with Gasteiger partial charge >= 0.3 is 0 Å². The number of hydrogen-bond acceptors (Lipinski definition) is 4. The van der Waals surface area contributed by atoms with Crippen LogP contribution in [0.5, 0.6) is 0 Å². The fourth-order valence-corrected chi connectivity index (χ4v) is 2.34. The van der Waals surface area contributed by atoms with Gasteiger partial charge in [0.1, 0.15) is 17.4 Å². The van der Waals surface area contributed by atoms with Gasteiger partial charge in [-0.25, -0.2) is 4.98 Å². The Labute approximate surface area is 127 Å². The van der Waals surface area contributed by atoms with Crippen molar-refractivity contribution in [3.63, 3.8) is 0 Å². The Morgan fingerprint density at radius 2 is 2.36 bits per heavy atom. The largest absolute Gasteiger partial charge is 0.467 e. The number of hydrogen-bond donors (Lipinski definition) is 1. The van der Waals surface area contributed by atoms with E-state index in [-0.39, 0.29) is 11.9 Å². The van der Waals surface area contributed by atoms with E-state index in [0.29, 0.717) is 17.9 Å². The Bertz CT molecular complexity index is 777. The van der Waals surface area contributed by atoms with Crippen LogP contribution < -0.4 is 5.32 Å². The summed E-state index contributed by atoms with van der Waals surface area (Å²) in [6.07, 6.45) is 5.18. The van der Waals surface area contributed by atoms with Crippen molar-refractivity contribution < 1.29 is 13.9 Å². The number of ether oxygens (including phenoxy) is 1. The Balaban J connectivity index is 1.82. The predicted octanol–water partition coefficient (Wildman–Crippen LogP) is 2.35. The summed E-state index contributed by atoms with van der Waals surface area (Å²) in [5.74, 6) is 0.467. The molecule has 1 N–H and O–H groups in total. The lowest BCUT2D eigenvalue weighted by Crippen LogP contribution is -2.31. The van der Waals surface area contributed by atoms with Gasteiger partial charge in [-0.15, -0.1) is 0 Å². The molecule has 0 aliphatic carbocycles. The van der Waals surface area contributed by atoms with E-state index >= 15 is 0 Å². The van der Waals surface area contributed by atoms with Crippen molar-refractivity contribution in [2.75, 3.05) is 13.7 Å². The predicted molar refractivity (Wildman–Crippen MR) is 80.7 cm³/mol. The van der Waals surface area contributed by atoms with Crippen LogP contribution >= 0.6 is 0 Å². The van der Waals surface area contributed by atoms with Crippen LogP contribution in [0.3, 0.4) is 0 Å². The van der Waals surface area contributed by atoms with Crippen molar-refractivity contribution in [3.8, 4) is 0 Å². The molecule has 1 atom stereocenters. The molecule has 3 heterocycles. The van der Waals surface area contributed by atoms with E-state index in [4.69, 9.17) is 9.15 Å². The van der Waals surface area contributed by atoms with E-state index in [2.05, 4.69) is 10.3 Å². The van der Waals surface area contributed by atoms with Crippen molar-refractivity contribution in [2.24, 2.45) is 0 Å². The topological polar surface area (TPSA) is 68.8 Å². The first-order valence-corrected chi connectivity index (χ1v) is 6.96. The van der Waals surface area contributed by atoms with Crippen molar-refractivity contribution in [1.82, 2.24) is 14.7 Å². The zero-order valence-electron chi connectivity index (χ0n) is 12.4. The van der Waals surface area contributed by atoms with Gasteiger partial charge in [0.2, 0.25) is 0 Å². The number of carbonyl (C=O) groups excluding carboxylic acids is 1. The average molecular weight is 299 g/mol. The third-order valence-corrected chi connectivity index (χ3v) is 3.49. The molecular formula is C16H17N3O3. The summed E-state index contributed by atoms with van der Waals surface area (Å²) in [6, 6.07) is 6.79. The van der Waals surface area contributed by atoms with Gasteiger partial charge in [0, 0.05) is 30.8 Å². The van der Waals surface area contributed by atoms with E-state index in [1.54, 1.807) is 37.8 Å². The summed E-state index contributed by atoms with van der Waals surface area (Å²) in [5.41, 5.74) is 2.31.